The molecule has 1 heterocycles. The summed E-state index contributed by atoms with van der Waals surface area (Å²) < 4.78 is 147. The number of ether oxygens (including phenoxy) is 2. The number of hydrogen-bond donors (Lipinski definition) is 1. The van der Waals surface area contributed by atoms with Gasteiger partial charge in [-0.1, -0.05) is 0 Å². The number of hydrogen-bond acceptors (Lipinski definition) is 6. The number of nitrogens with one attached hydrogen (secondary N) is 1. The van der Waals surface area contributed by atoms with Crippen LogP contribution in [0.5, 0.6) is 5.75 Å². The van der Waals surface area contributed by atoms with Gasteiger partial charge < -0.3 is 9.47 Å². The molecule has 0 aromatic heterocycles. The molecule has 0 radical (unpaired) electrons. The number of anilines is 2. The molecule has 0 saturated carbocycles. The highest BCUT2D eigenvalue weighted by Gasteiger charge is 2.51. The minimum absolute atomic E-state index is 0.0961. The van der Waals surface area contributed by atoms with E-state index in [9.17, 15) is 48.2 Å². The fraction of sp³-hybridized carbons (Fsp3) is 0.440. The van der Waals surface area contributed by atoms with Crippen LogP contribution in [0.4, 0.5) is 46.9 Å². The molecule has 2 unspecified atom stereocenters. The second-order valence-electron chi connectivity index (χ2n) is 9.91. The number of alkyl halides is 6. The van der Waals surface area contributed by atoms with E-state index in [0.717, 1.165) is 6.07 Å². The van der Waals surface area contributed by atoms with Crippen LogP contribution in [0.3, 0.4) is 0 Å². The van der Waals surface area contributed by atoms with Crippen molar-refractivity contribution in [3.63, 3.8) is 0 Å². The van der Waals surface area contributed by atoms with Crippen molar-refractivity contribution in [2.75, 3.05) is 22.4 Å². The largest absolute Gasteiger partial charge is 0.486 e. The van der Waals surface area contributed by atoms with Gasteiger partial charge in [-0.15, -0.1) is 0 Å². The Morgan fingerprint density at radius 2 is 1.79 bits per heavy atom. The van der Waals surface area contributed by atoms with Crippen molar-refractivity contribution in [3.05, 3.63) is 47.8 Å². The van der Waals surface area contributed by atoms with Crippen LogP contribution < -0.4 is 14.4 Å². The van der Waals surface area contributed by atoms with Gasteiger partial charge in [-0.2, -0.15) is 30.7 Å². The summed E-state index contributed by atoms with van der Waals surface area (Å²) in [5, 5.41) is 2.06. The average molecular weight is 662 g/mol. The number of benzene rings is 2. The molecule has 0 saturated heterocycles. The lowest BCUT2D eigenvalue weighted by molar-refractivity contribution is -0.242. The number of sulfonamides is 1. The summed E-state index contributed by atoms with van der Waals surface area (Å²) >= 11 is 0. The highest BCUT2D eigenvalue weighted by molar-refractivity contribution is 7.92. The highest BCUT2D eigenvalue weighted by atomic mass is 32.2. The lowest BCUT2D eigenvalue weighted by Gasteiger charge is -2.36. The van der Waals surface area contributed by atoms with Gasteiger partial charge in [0.25, 0.3) is 10.0 Å². The van der Waals surface area contributed by atoms with Crippen LogP contribution in [0, 0.1) is 5.82 Å². The molecule has 1 amide bonds. The van der Waals surface area contributed by atoms with E-state index in [0.29, 0.717) is 36.0 Å². The quantitative estimate of drug-likeness (QED) is 0.265. The van der Waals surface area contributed by atoms with Crippen molar-refractivity contribution in [1.29, 1.82) is 0 Å². The predicted octanol–water partition coefficient (Wildman–Crippen LogP) is 6.22. The van der Waals surface area contributed by atoms with E-state index in [2.05, 4.69) is 14.5 Å². The molecule has 3 rings (SSSR count). The molecule has 238 valence electrons. The van der Waals surface area contributed by atoms with Gasteiger partial charge in [0.15, 0.2) is 0 Å². The standard InChI is InChI=1S/C25H26F7N3O6S2/c1-14(34-42(4)37)5-7-16-13-35(43(38,39)17-8-9-19(26)18(12-17)24(27,28)29)20-11-15(6-10-21(20)40-16)33-22(36)41-23(2,3)25(30,31)32/h6,8-12,16H,5,7,13H2,1-4H3,(H,33,36). The molecular weight excluding hydrogens is 635 g/mol. The fourth-order valence-corrected chi connectivity index (χ4v) is 5.90. The smallest absolute Gasteiger partial charge is 0.427 e. The van der Waals surface area contributed by atoms with Gasteiger partial charge in [-0.05, 0) is 70.0 Å². The van der Waals surface area contributed by atoms with Crippen LogP contribution in [-0.2, 0) is 31.9 Å². The van der Waals surface area contributed by atoms with Crippen molar-refractivity contribution < 1.29 is 57.6 Å². The van der Waals surface area contributed by atoms with Gasteiger partial charge in [0, 0.05) is 17.7 Å². The Morgan fingerprint density at radius 3 is 2.37 bits per heavy atom. The van der Waals surface area contributed by atoms with E-state index >= 15 is 0 Å². The average Bonchev–Trinajstić information content (AvgIpc) is 2.85. The first-order chi connectivity index (χ1) is 19.6. The monoisotopic (exact) mass is 661 g/mol. The van der Waals surface area contributed by atoms with Crippen molar-refractivity contribution in [2.24, 2.45) is 4.40 Å². The number of amides is 1. The lowest BCUT2D eigenvalue weighted by atomic mass is 10.1. The first-order valence-electron chi connectivity index (χ1n) is 12.3. The van der Waals surface area contributed by atoms with Crippen molar-refractivity contribution in [2.45, 2.75) is 62.6 Å². The number of carbonyl (C=O) groups excluding carboxylic acids is 1. The summed E-state index contributed by atoms with van der Waals surface area (Å²) in [6, 6.07) is 4.54. The molecule has 43 heavy (non-hydrogen) atoms. The molecule has 0 fully saturated rings. The molecule has 0 bridgehead atoms. The molecule has 2 aromatic carbocycles. The zero-order chi connectivity index (χ0) is 32.5. The van der Waals surface area contributed by atoms with Crippen molar-refractivity contribution in [3.8, 4) is 5.75 Å². The fourth-order valence-electron chi connectivity index (χ4n) is 3.84. The van der Waals surface area contributed by atoms with Crippen LogP contribution in [0.1, 0.15) is 39.2 Å². The van der Waals surface area contributed by atoms with Gasteiger partial charge in [-0.3, -0.25) is 9.62 Å². The second kappa shape index (κ2) is 12.3. The van der Waals surface area contributed by atoms with Crippen LogP contribution in [0.2, 0.25) is 0 Å². The van der Waals surface area contributed by atoms with Crippen molar-refractivity contribution >= 4 is 44.2 Å². The first kappa shape index (κ1) is 34.1. The van der Waals surface area contributed by atoms with Crippen LogP contribution in [-0.4, -0.2) is 55.1 Å². The molecule has 2 aromatic rings. The highest BCUT2D eigenvalue weighted by Crippen LogP contribution is 2.41. The predicted molar refractivity (Wildman–Crippen MR) is 143 cm³/mol. The maximum atomic E-state index is 13.9. The molecular formula is C25H26F7N3O6S2. The van der Waals surface area contributed by atoms with Gasteiger partial charge in [0.05, 0.1) is 22.7 Å². The van der Waals surface area contributed by atoms with E-state index in [4.69, 9.17) is 4.74 Å². The zero-order valence-corrected chi connectivity index (χ0v) is 24.6. The first-order valence-corrected chi connectivity index (χ1v) is 15.2. The number of nitrogens with zero attached hydrogens (tertiary/aromatic N) is 2. The topological polar surface area (TPSA) is 114 Å². The Balaban J connectivity index is 2.03. The Labute approximate surface area is 244 Å². The van der Waals surface area contributed by atoms with Gasteiger partial charge in [0.2, 0.25) is 5.60 Å². The summed E-state index contributed by atoms with van der Waals surface area (Å²) in [6.07, 6.45) is -10.8. The summed E-state index contributed by atoms with van der Waals surface area (Å²) in [7, 11) is -6.35. The zero-order valence-electron chi connectivity index (χ0n) is 23.0. The Hall–Kier alpha value is -3.41. The Morgan fingerprint density at radius 1 is 1.14 bits per heavy atom. The third kappa shape index (κ3) is 8.16. The van der Waals surface area contributed by atoms with Crippen LogP contribution in [0.25, 0.3) is 0 Å². The van der Waals surface area contributed by atoms with E-state index in [-0.39, 0.29) is 36.0 Å². The van der Waals surface area contributed by atoms with Crippen LogP contribution in [0.15, 0.2) is 45.7 Å². The minimum atomic E-state index is -5.21. The number of fused-ring (bicyclic) bond motifs is 1. The SMILES string of the molecule is CC(CCC1CN(S(=O)(=O)c2ccc(F)c(C(F)(F)F)c2)c2cc(NC(=O)OC(C)(C)C(F)(F)F)ccc2O1)=NS(C)=O. The van der Waals surface area contributed by atoms with Crippen LogP contribution >= 0.6 is 0 Å². The van der Waals surface area contributed by atoms with E-state index in [1.54, 1.807) is 6.92 Å². The molecule has 9 nitrogen and oxygen atoms in total. The molecule has 0 spiro atoms. The molecule has 18 heteroatoms. The third-order valence-electron chi connectivity index (χ3n) is 6.11. The van der Waals surface area contributed by atoms with Gasteiger partial charge >= 0.3 is 18.4 Å². The second-order valence-corrected chi connectivity index (χ2v) is 12.8. The summed E-state index contributed by atoms with van der Waals surface area (Å²) in [4.78, 5) is 11.3. The number of rotatable bonds is 8. The third-order valence-corrected chi connectivity index (χ3v) is 8.46. The van der Waals surface area contributed by atoms with Crippen molar-refractivity contribution in [1.82, 2.24) is 0 Å². The van der Waals surface area contributed by atoms with Gasteiger partial charge in [-0.25, -0.2) is 21.8 Å². The Kier molecular flexibility index (Phi) is 9.75. The van der Waals surface area contributed by atoms with E-state index < -0.39 is 74.0 Å². The molecule has 0 aliphatic carbocycles. The number of carbonyl (C=O) groups is 1. The summed E-state index contributed by atoms with van der Waals surface area (Å²) in [6.45, 7) is 2.35. The molecule has 1 N–H and O–H groups in total. The molecule has 1 aliphatic heterocycles. The lowest BCUT2D eigenvalue weighted by Crippen LogP contribution is -2.44. The molecule has 2 atom stereocenters. The normalized spacial score (nSPS) is 17.1. The maximum Gasteiger partial charge on any atom is 0.427 e. The summed E-state index contributed by atoms with van der Waals surface area (Å²) in [5.41, 5.74) is -4.74. The Bertz CT molecular complexity index is 1540. The minimum Gasteiger partial charge on any atom is -0.486 e. The molecule has 1 aliphatic rings. The summed E-state index contributed by atoms with van der Waals surface area (Å²) in [5.74, 6) is -1.79. The van der Waals surface area contributed by atoms with Gasteiger partial charge in [0.1, 0.15) is 28.7 Å². The van der Waals surface area contributed by atoms with E-state index in [1.807, 2.05) is 0 Å². The maximum absolute atomic E-state index is 13.9. The number of halogens is 7. The van der Waals surface area contributed by atoms with E-state index in [1.165, 1.54) is 18.4 Å².